The monoisotopic (exact) mass is 297 g/mol. The molecule has 1 aromatic rings. The summed E-state index contributed by atoms with van der Waals surface area (Å²) in [4.78, 5) is 16.5. The third-order valence-corrected chi connectivity index (χ3v) is 5.68. The van der Waals surface area contributed by atoms with Crippen molar-refractivity contribution in [2.24, 2.45) is 0 Å². The summed E-state index contributed by atoms with van der Waals surface area (Å²) >= 11 is 0. The van der Waals surface area contributed by atoms with Crippen LogP contribution in [0, 0.1) is 6.92 Å². The van der Waals surface area contributed by atoms with Gasteiger partial charge in [0.05, 0.1) is 11.9 Å². The predicted molar refractivity (Wildman–Crippen MR) is 77.3 cm³/mol. The van der Waals surface area contributed by atoms with E-state index in [1.807, 2.05) is 6.92 Å². The van der Waals surface area contributed by atoms with Crippen LogP contribution in [0.25, 0.3) is 0 Å². The standard InChI is InChI=1S/C13H19N3O3S/c1-10-7-11(9-15-8-10)16-12(17)13(20(2,18)19)3-5-14-6-4-13/h7-9,14H,3-6H2,1-2H3,(H,16,17). The Morgan fingerprint density at radius 1 is 1.35 bits per heavy atom. The summed E-state index contributed by atoms with van der Waals surface area (Å²) in [5, 5.41) is 5.77. The Morgan fingerprint density at radius 3 is 2.55 bits per heavy atom. The third-order valence-electron chi connectivity index (χ3n) is 3.67. The molecule has 2 rings (SSSR count). The number of amides is 1. The summed E-state index contributed by atoms with van der Waals surface area (Å²) in [6.45, 7) is 2.90. The van der Waals surface area contributed by atoms with Crippen molar-refractivity contribution in [2.75, 3.05) is 24.7 Å². The van der Waals surface area contributed by atoms with E-state index in [1.165, 1.54) is 6.20 Å². The summed E-state index contributed by atoms with van der Waals surface area (Å²) in [6.07, 6.45) is 4.90. The first kappa shape index (κ1) is 14.9. The second kappa shape index (κ2) is 5.49. The SMILES string of the molecule is Cc1cncc(NC(=O)C2(S(C)(=O)=O)CCNCC2)c1. The number of piperidine rings is 1. The van der Waals surface area contributed by atoms with E-state index in [2.05, 4.69) is 15.6 Å². The maximum Gasteiger partial charge on any atom is 0.245 e. The highest BCUT2D eigenvalue weighted by Crippen LogP contribution is 2.29. The largest absolute Gasteiger partial charge is 0.323 e. The molecule has 6 nitrogen and oxygen atoms in total. The predicted octanol–water partition coefficient (Wildman–Crippen LogP) is 0.495. The summed E-state index contributed by atoms with van der Waals surface area (Å²) < 4.78 is 22.9. The number of carbonyl (C=O) groups excluding carboxylic acids is 1. The van der Waals surface area contributed by atoms with Gasteiger partial charge >= 0.3 is 0 Å². The van der Waals surface area contributed by atoms with E-state index in [9.17, 15) is 13.2 Å². The number of rotatable bonds is 3. The van der Waals surface area contributed by atoms with Gasteiger partial charge in [0.15, 0.2) is 14.6 Å². The molecule has 0 saturated carbocycles. The van der Waals surface area contributed by atoms with E-state index >= 15 is 0 Å². The van der Waals surface area contributed by atoms with Crippen molar-refractivity contribution in [1.29, 1.82) is 0 Å². The zero-order valence-electron chi connectivity index (χ0n) is 11.6. The van der Waals surface area contributed by atoms with Crippen LogP contribution in [0.3, 0.4) is 0 Å². The lowest BCUT2D eigenvalue weighted by atomic mass is 9.95. The third kappa shape index (κ3) is 2.83. The van der Waals surface area contributed by atoms with Crippen LogP contribution in [0.5, 0.6) is 0 Å². The molecule has 0 atom stereocenters. The number of nitrogens with one attached hydrogen (secondary N) is 2. The highest BCUT2D eigenvalue weighted by molar-refractivity contribution is 7.92. The smallest absolute Gasteiger partial charge is 0.245 e. The van der Waals surface area contributed by atoms with Crippen LogP contribution < -0.4 is 10.6 Å². The number of anilines is 1. The van der Waals surface area contributed by atoms with Crippen molar-refractivity contribution in [1.82, 2.24) is 10.3 Å². The zero-order chi connectivity index (χ0) is 14.8. The lowest BCUT2D eigenvalue weighted by Crippen LogP contribution is -2.55. The van der Waals surface area contributed by atoms with Gasteiger partial charge in [0.2, 0.25) is 5.91 Å². The second-order valence-electron chi connectivity index (χ2n) is 5.22. The first-order valence-corrected chi connectivity index (χ1v) is 8.38. The zero-order valence-corrected chi connectivity index (χ0v) is 12.5. The molecule has 1 aliphatic rings. The molecular weight excluding hydrogens is 278 g/mol. The van der Waals surface area contributed by atoms with Gasteiger partial charge in [-0.1, -0.05) is 0 Å². The lowest BCUT2D eigenvalue weighted by molar-refractivity contribution is -0.119. The molecule has 0 aliphatic carbocycles. The molecule has 2 N–H and O–H groups in total. The fraction of sp³-hybridized carbons (Fsp3) is 0.538. The summed E-state index contributed by atoms with van der Waals surface area (Å²) in [6, 6.07) is 1.77. The Morgan fingerprint density at radius 2 is 2.00 bits per heavy atom. The van der Waals surface area contributed by atoms with Crippen LogP contribution in [-0.4, -0.2) is 43.4 Å². The van der Waals surface area contributed by atoms with Crippen molar-refractivity contribution in [3.05, 3.63) is 24.0 Å². The number of nitrogens with zero attached hydrogens (tertiary/aromatic N) is 1. The molecule has 0 radical (unpaired) electrons. The average Bonchev–Trinajstić information content (AvgIpc) is 2.38. The van der Waals surface area contributed by atoms with Crippen molar-refractivity contribution in [2.45, 2.75) is 24.5 Å². The van der Waals surface area contributed by atoms with Crippen LogP contribution >= 0.6 is 0 Å². The fourth-order valence-corrected chi connectivity index (χ4v) is 3.80. The first-order valence-electron chi connectivity index (χ1n) is 6.49. The van der Waals surface area contributed by atoms with Gasteiger partial charge in [0.1, 0.15) is 0 Å². The molecule has 1 fully saturated rings. The van der Waals surface area contributed by atoms with Crippen LogP contribution in [0.4, 0.5) is 5.69 Å². The Hall–Kier alpha value is -1.47. The fourth-order valence-electron chi connectivity index (χ4n) is 2.47. The van der Waals surface area contributed by atoms with Gasteiger partial charge in [-0.05, 0) is 44.5 Å². The van der Waals surface area contributed by atoms with Crippen molar-refractivity contribution in [3.63, 3.8) is 0 Å². The minimum absolute atomic E-state index is 0.289. The van der Waals surface area contributed by atoms with E-state index in [0.717, 1.165) is 11.8 Å². The molecule has 0 aromatic carbocycles. The number of aromatic nitrogens is 1. The summed E-state index contributed by atoms with van der Waals surface area (Å²) in [5.41, 5.74) is 1.43. The number of hydrogen-bond acceptors (Lipinski definition) is 5. The average molecular weight is 297 g/mol. The molecule has 1 amide bonds. The van der Waals surface area contributed by atoms with Gasteiger partial charge in [0.25, 0.3) is 0 Å². The minimum atomic E-state index is -3.49. The number of pyridine rings is 1. The molecule has 110 valence electrons. The molecule has 0 unspecified atom stereocenters. The van der Waals surface area contributed by atoms with Crippen molar-refractivity contribution in [3.8, 4) is 0 Å². The summed E-state index contributed by atoms with van der Waals surface area (Å²) in [5.74, 6) is -0.464. The number of aryl methyl sites for hydroxylation is 1. The summed E-state index contributed by atoms with van der Waals surface area (Å²) in [7, 11) is -3.49. The number of sulfone groups is 1. The molecule has 2 heterocycles. The molecular formula is C13H19N3O3S. The van der Waals surface area contributed by atoms with Crippen molar-refractivity contribution >= 4 is 21.4 Å². The van der Waals surface area contributed by atoms with Gasteiger partial charge < -0.3 is 10.6 Å². The molecule has 7 heteroatoms. The molecule has 20 heavy (non-hydrogen) atoms. The second-order valence-corrected chi connectivity index (χ2v) is 7.55. The van der Waals surface area contributed by atoms with Crippen LogP contribution in [0.1, 0.15) is 18.4 Å². The molecule has 1 aliphatic heterocycles. The minimum Gasteiger partial charge on any atom is -0.323 e. The van der Waals surface area contributed by atoms with E-state index in [0.29, 0.717) is 18.8 Å². The van der Waals surface area contributed by atoms with Crippen LogP contribution in [-0.2, 0) is 14.6 Å². The van der Waals surface area contributed by atoms with E-state index in [4.69, 9.17) is 0 Å². The van der Waals surface area contributed by atoms with E-state index in [1.54, 1.807) is 12.3 Å². The van der Waals surface area contributed by atoms with Gasteiger partial charge in [-0.15, -0.1) is 0 Å². The lowest BCUT2D eigenvalue weighted by Gasteiger charge is -2.34. The first-order chi connectivity index (χ1) is 9.35. The topological polar surface area (TPSA) is 88.2 Å². The van der Waals surface area contributed by atoms with Crippen LogP contribution in [0.15, 0.2) is 18.5 Å². The Kier molecular flexibility index (Phi) is 4.10. The Labute approximate surface area is 118 Å². The van der Waals surface area contributed by atoms with Gasteiger partial charge in [-0.25, -0.2) is 8.42 Å². The van der Waals surface area contributed by atoms with Gasteiger partial charge in [-0.3, -0.25) is 9.78 Å². The number of carbonyl (C=O) groups is 1. The molecule has 0 bridgehead atoms. The quantitative estimate of drug-likeness (QED) is 0.848. The Bertz CT molecular complexity index is 607. The highest BCUT2D eigenvalue weighted by Gasteiger charge is 2.48. The van der Waals surface area contributed by atoms with Gasteiger partial charge in [0, 0.05) is 12.5 Å². The maximum absolute atomic E-state index is 12.5. The highest BCUT2D eigenvalue weighted by atomic mass is 32.2. The maximum atomic E-state index is 12.5. The Balaban J connectivity index is 2.28. The van der Waals surface area contributed by atoms with Gasteiger partial charge in [-0.2, -0.15) is 0 Å². The van der Waals surface area contributed by atoms with Crippen LogP contribution in [0.2, 0.25) is 0 Å². The molecule has 0 spiro atoms. The normalized spacial score (nSPS) is 18.5. The van der Waals surface area contributed by atoms with E-state index in [-0.39, 0.29) is 12.8 Å². The van der Waals surface area contributed by atoms with E-state index < -0.39 is 20.5 Å². The molecule has 1 saturated heterocycles. The molecule has 1 aromatic heterocycles. The van der Waals surface area contributed by atoms with Crippen molar-refractivity contribution < 1.29 is 13.2 Å². The number of hydrogen-bond donors (Lipinski definition) is 2.